The summed E-state index contributed by atoms with van der Waals surface area (Å²) in [6, 6.07) is 0. The maximum absolute atomic E-state index is 6.00. The van der Waals surface area contributed by atoms with Crippen molar-refractivity contribution in [1.29, 1.82) is 0 Å². The summed E-state index contributed by atoms with van der Waals surface area (Å²) >= 11 is 3.39. The van der Waals surface area contributed by atoms with Gasteiger partial charge in [0.05, 0.1) is 5.54 Å². The van der Waals surface area contributed by atoms with E-state index in [-0.39, 0.29) is 5.54 Å². The lowest BCUT2D eigenvalue weighted by Gasteiger charge is -2.27. The lowest BCUT2D eigenvalue weighted by atomic mass is 9.93. The van der Waals surface area contributed by atoms with Crippen LogP contribution in [0.15, 0.2) is 15.7 Å². The molecule has 1 aliphatic rings. The van der Waals surface area contributed by atoms with Crippen LogP contribution in [0.4, 0.5) is 0 Å². The van der Waals surface area contributed by atoms with Crippen molar-refractivity contribution in [2.45, 2.75) is 25.3 Å². The van der Waals surface area contributed by atoms with Gasteiger partial charge in [0.1, 0.15) is 0 Å². The fraction of sp³-hybridized carbons (Fsp3) is 0.571. The molecule has 0 aliphatic carbocycles. The van der Waals surface area contributed by atoms with E-state index in [9.17, 15) is 0 Å². The zero-order valence-corrected chi connectivity index (χ0v) is 7.56. The monoisotopic (exact) mass is 202 g/mol. The van der Waals surface area contributed by atoms with Gasteiger partial charge in [-0.3, -0.25) is 4.99 Å². The molecule has 0 amide bonds. The summed E-state index contributed by atoms with van der Waals surface area (Å²) < 4.78 is 1.00. The molecule has 0 aromatic carbocycles. The van der Waals surface area contributed by atoms with E-state index < -0.39 is 0 Å². The van der Waals surface area contributed by atoms with Crippen molar-refractivity contribution in [2.75, 3.05) is 0 Å². The van der Waals surface area contributed by atoms with Crippen LogP contribution < -0.4 is 5.73 Å². The van der Waals surface area contributed by atoms with Gasteiger partial charge in [-0.2, -0.15) is 0 Å². The van der Waals surface area contributed by atoms with Crippen LogP contribution in [-0.2, 0) is 0 Å². The quantitative estimate of drug-likeness (QED) is 0.693. The summed E-state index contributed by atoms with van der Waals surface area (Å²) in [5, 5.41) is 0. The predicted octanol–water partition coefficient (Wildman–Crippen LogP) is 1.80. The van der Waals surface area contributed by atoms with Crippen LogP contribution in [0.3, 0.4) is 0 Å². The van der Waals surface area contributed by atoms with E-state index in [2.05, 4.69) is 27.8 Å². The second-order valence-corrected chi connectivity index (χ2v) is 3.38. The van der Waals surface area contributed by atoms with E-state index in [1.54, 1.807) is 6.20 Å². The smallest absolute Gasteiger partial charge is 0.0538 e. The second kappa shape index (κ2) is 2.84. The summed E-state index contributed by atoms with van der Waals surface area (Å²) in [6.45, 7) is 2.08. The number of rotatable bonds is 1. The number of aliphatic imine (C=N–C) groups is 1. The molecule has 3 heteroatoms. The molecule has 0 saturated heterocycles. The Morgan fingerprint density at radius 1 is 1.90 bits per heavy atom. The molecule has 1 heterocycles. The van der Waals surface area contributed by atoms with Crippen molar-refractivity contribution in [3.05, 3.63) is 10.7 Å². The molecule has 2 nitrogen and oxygen atoms in total. The molecule has 0 aromatic heterocycles. The Bertz CT molecular complexity index is 186. The first-order valence-corrected chi connectivity index (χ1v) is 4.15. The molecular weight excluding hydrogens is 192 g/mol. The molecule has 2 N–H and O–H groups in total. The van der Waals surface area contributed by atoms with E-state index in [1.165, 1.54) is 0 Å². The van der Waals surface area contributed by atoms with Crippen molar-refractivity contribution in [3.8, 4) is 0 Å². The Morgan fingerprint density at radius 2 is 2.60 bits per heavy atom. The first-order chi connectivity index (χ1) is 4.69. The summed E-state index contributed by atoms with van der Waals surface area (Å²) in [5.74, 6) is 0. The van der Waals surface area contributed by atoms with Crippen LogP contribution in [0, 0.1) is 0 Å². The van der Waals surface area contributed by atoms with Crippen molar-refractivity contribution in [3.63, 3.8) is 0 Å². The minimum absolute atomic E-state index is 0.193. The second-order valence-electron chi connectivity index (χ2n) is 2.52. The highest BCUT2D eigenvalue weighted by atomic mass is 79.9. The highest BCUT2D eigenvalue weighted by Gasteiger charge is 2.26. The Kier molecular flexibility index (Phi) is 2.26. The Morgan fingerprint density at radius 3 is 3.00 bits per heavy atom. The van der Waals surface area contributed by atoms with Gasteiger partial charge in [-0.1, -0.05) is 22.9 Å². The third kappa shape index (κ3) is 1.30. The lowest BCUT2D eigenvalue weighted by molar-refractivity contribution is 0.522. The van der Waals surface area contributed by atoms with Crippen LogP contribution in [0.5, 0.6) is 0 Å². The highest BCUT2D eigenvalue weighted by molar-refractivity contribution is 9.11. The Balaban J connectivity index is 2.81. The first-order valence-electron chi connectivity index (χ1n) is 3.36. The molecule has 10 heavy (non-hydrogen) atoms. The minimum atomic E-state index is -0.193. The SMILES string of the molecule is CCC1(N)CC=NC=C1Br. The van der Waals surface area contributed by atoms with E-state index in [0.29, 0.717) is 0 Å². The number of nitrogens with zero attached hydrogens (tertiary/aromatic N) is 1. The molecule has 1 aliphatic heterocycles. The summed E-state index contributed by atoms with van der Waals surface area (Å²) in [5.41, 5.74) is 5.80. The standard InChI is InChI=1S/C7H11BrN2/c1-2-7(9)3-4-10-5-6(7)8/h4-5H,2-3,9H2,1H3. The fourth-order valence-corrected chi connectivity index (χ4v) is 1.43. The van der Waals surface area contributed by atoms with Crippen LogP contribution in [0.2, 0.25) is 0 Å². The van der Waals surface area contributed by atoms with Gasteiger partial charge in [-0.15, -0.1) is 0 Å². The van der Waals surface area contributed by atoms with E-state index in [4.69, 9.17) is 5.73 Å². The van der Waals surface area contributed by atoms with Crippen LogP contribution >= 0.6 is 15.9 Å². The molecule has 0 bridgehead atoms. The van der Waals surface area contributed by atoms with Gasteiger partial charge in [0.2, 0.25) is 0 Å². The first kappa shape index (κ1) is 7.95. The van der Waals surface area contributed by atoms with Gasteiger partial charge >= 0.3 is 0 Å². The predicted molar refractivity (Wildman–Crippen MR) is 47.3 cm³/mol. The maximum Gasteiger partial charge on any atom is 0.0538 e. The third-order valence-electron chi connectivity index (χ3n) is 1.86. The van der Waals surface area contributed by atoms with Gasteiger partial charge in [0.15, 0.2) is 0 Å². The number of nitrogens with two attached hydrogens (primary N) is 1. The molecule has 1 atom stereocenters. The normalized spacial score (nSPS) is 32.1. The average molecular weight is 203 g/mol. The van der Waals surface area contributed by atoms with Crippen molar-refractivity contribution in [1.82, 2.24) is 0 Å². The van der Waals surface area contributed by atoms with E-state index >= 15 is 0 Å². The summed E-state index contributed by atoms with van der Waals surface area (Å²) in [6.07, 6.45) is 5.40. The van der Waals surface area contributed by atoms with E-state index in [0.717, 1.165) is 17.3 Å². The molecule has 0 spiro atoms. The van der Waals surface area contributed by atoms with Crippen LogP contribution in [0.1, 0.15) is 19.8 Å². The Hall–Kier alpha value is -0.150. The van der Waals surface area contributed by atoms with Gasteiger partial charge in [-0.05, 0) is 6.42 Å². The average Bonchev–Trinajstić information content (AvgIpc) is 1.96. The molecule has 1 rings (SSSR count). The maximum atomic E-state index is 6.00. The summed E-state index contributed by atoms with van der Waals surface area (Å²) in [4.78, 5) is 3.99. The zero-order valence-electron chi connectivity index (χ0n) is 5.97. The molecule has 0 aromatic rings. The largest absolute Gasteiger partial charge is 0.321 e. The number of halogens is 1. The molecule has 0 radical (unpaired) electrons. The third-order valence-corrected chi connectivity index (χ3v) is 2.85. The number of hydrogen-bond donors (Lipinski definition) is 1. The fourth-order valence-electron chi connectivity index (χ4n) is 0.873. The highest BCUT2D eigenvalue weighted by Crippen LogP contribution is 2.28. The minimum Gasteiger partial charge on any atom is -0.321 e. The van der Waals surface area contributed by atoms with Gasteiger partial charge < -0.3 is 5.73 Å². The molecular formula is C7H11BrN2. The zero-order chi connectivity index (χ0) is 7.61. The Labute approximate surface area is 69.3 Å². The molecule has 56 valence electrons. The number of hydrogen-bond acceptors (Lipinski definition) is 2. The van der Waals surface area contributed by atoms with Gasteiger partial charge in [0.25, 0.3) is 0 Å². The molecule has 1 unspecified atom stereocenters. The van der Waals surface area contributed by atoms with Crippen molar-refractivity contribution in [2.24, 2.45) is 10.7 Å². The van der Waals surface area contributed by atoms with Gasteiger partial charge in [0, 0.05) is 23.3 Å². The van der Waals surface area contributed by atoms with Crippen molar-refractivity contribution < 1.29 is 0 Å². The summed E-state index contributed by atoms with van der Waals surface area (Å²) in [7, 11) is 0. The topological polar surface area (TPSA) is 38.4 Å². The molecule has 0 saturated carbocycles. The van der Waals surface area contributed by atoms with Gasteiger partial charge in [-0.25, -0.2) is 0 Å². The van der Waals surface area contributed by atoms with Crippen LogP contribution in [-0.4, -0.2) is 11.8 Å². The molecule has 0 fully saturated rings. The van der Waals surface area contributed by atoms with Crippen LogP contribution in [0.25, 0.3) is 0 Å². The van der Waals surface area contributed by atoms with E-state index in [1.807, 2.05) is 6.21 Å². The van der Waals surface area contributed by atoms with Crippen molar-refractivity contribution >= 4 is 22.1 Å². The lowest BCUT2D eigenvalue weighted by Crippen LogP contribution is -2.40.